The summed E-state index contributed by atoms with van der Waals surface area (Å²) in [4.78, 5) is 11.0. The maximum absolute atomic E-state index is 4.40. The SMILES string of the molecule is CCn1ccnc1CN(C)[C@H](C)c1nccs1. The third-order valence-corrected chi connectivity index (χ3v) is 3.95. The Kier molecular flexibility index (Phi) is 3.91. The zero-order chi connectivity index (χ0) is 12.3. The first kappa shape index (κ1) is 12.3. The van der Waals surface area contributed by atoms with Gasteiger partial charge in [0.05, 0.1) is 12.6 Å². The molecule has 1 atom stereocenters. The summed E-state index contributed by atoms with van der Waals surface area (Å²) in [7, 11) is 2.11. The van der Waals surface area contributed by atoms with Crippen molar-refractivity contribution in [1.29, 1.82) is 0 Å². The molecule has 2 heterocycles. The summed E-state index contributed by atoms with van der Waals surface area (Å²) < 4.78 is 2.17. The van der Waals surface area contributed by atoms with E-state index in [2.05, 4.69) is 40.3 Å². The first-order valence-corrected chi connectivity index (χ1v) is 6.70. The fourth-order valence-electron chi connectivity index (χ4n) is 1.77. The number of imidazole rings is 1. The maximum Gasteiger partial charge on any atom is 0.122 e. The van der Waals surface area contributed by atoms with Gasteiger partial charge in [0.2, 0.25) is 0 Å². The minimum Gasteiger partial charge on any atom is -0.334 e. The van der Waals surface area contributed by atoms with Crippen LogP contribution < -0.4 is 0 Å². The van der Waals surface area contributed by atoms with Crippen LogP contribution in [0.1, 0.15) is 30.7 Å². The summed E-state index contributed by atoms with van der Waals surface area (Å²) in [5.41, 5.74) is 0. The van der Waals surface area contributed by atoms with E-state index in [4.69, 9.17) is 0 Å². The number of hydrogen-bond acceptors (Lipinski definition) is 4. The second-order valence-electron chi connectivity index (χ2n) is 4.09. The highest BCUT2D eigenvalue weighted by Crippen LogP contribution is 2.21. The highest BCUT2D eigenvalue weighted by atomic mass is 32.1. The van der Waals surface area contributed by atoms with Crippen LogP contribution in [-0.4, -0.2) is 26.5 Å². The normalized spacial score (nSPS) is 13.2. The zero-order valence-corrected chi connectivity index (χ0v) is 11.3. The second-order valence-corrected chi connectivity index (χ2v) is 5.02. The van der Waals surface area contributed by atoms with E-state index < -0.39 is 0 Å². The van der Waals surface area contributed by atoms with Crippen molar-refractivity contribution in [2.24, 2.45) is 0 Å². The lowest BCUT2D eigenvalue weighted by Gasteiger charge is -2.22. The molecule has 0 saturated carbocycles. The molecule has 2 aromatic rings. The zero-order valence-electron chi connectivity index (χ0n) is 10.5. The Labute approximate surface area is 106 Å². The van der Waals surface area contributed by atoms with Crippen LogP contribution in [0, 0.1) is 0 Å². The van der Waals surface area contributed by atoms with Crippen molar-refractivity contribution in [2.45, 2.75) is 33.0 Å². The van der Waals surface area contributed by atoms with Gasteiger partial charge < -0.3 is 4.57 Å². The molecular weight excluding hydrogens is 232 g/mol. The van der Waals surface area contributed by atoms with E-state index in [0.717, 1.165) is 23.9 Å². The van der Waals surface area contributed by atoms with Crippen LogP contribution in [0.3, 0.4) is 0 Å². The van der Waals surface area contributed by atoms with Crippen LogP contribution in [0.5, 0.6) is 0 Å². The number of nitrogens with zero attached hydrogens (tertiary/aromatic N) is 4. The minimum absolute atomic E-state index is 0.331. The lowest BCUT2D eigenvalue weighted by molar-refractivity contribution is 0.243. The monoisotopic (exact) mass is 250 g/mol. The summed E-state index contributed by atoms with van der Waals surface area (Å²) in [6.45, 7) is 6.13. The van der Waals surface area contributed by atoms with Crippen molar-refractivity contribution in [2.75, 3.05) is 7.05 Å². The van der Waals surface area contributed by atoms with Crippen molar-refractivity contribution >= 4 is 11.3 Å². The van der Waals surface area contributed by atoms with Gasteiger partial charge in [-0.2, -0.15) is 0 Å². The lowest BCUT2D eigenvalue weighted by Crippen LogP contribution is -2.23. The Bertz CT molecular complexity index is 449. The van der Waals surface area contributed by atoms with E-state index in [0.29, 0.717) is 6.04 Å². The molecule has 0 aliphatic heterocycles. The van der Waals surface area contributed by atoms with Crippen molar-refractivity contribution in [1.82, 2.24) is 19.4 Å². The Morgan fingerprint density at radius 2 is 2.24 bits per heavy atom. The molecule has 0 fully saturated rings. The van der Waals surface area contributed by atoms with Gasteiger partial charge in [0, 0.05) is 30.5 Å². The van der Waals surface area contributed by atoms with Gasteiger partial charge >= 0.3 is 0 Å². The van der Waals surface area contributed by atoms with Gasteiger partial charge in [0.1, 0.15) is 10.8 Å². The third kappa shape index (κ3) is 2.73. The molecule has 0 N–H and O–H groups in total. The number of hydrogen-bond donors (Lipinski definition) is 0. The first-order chi connectivity index (χ1) is 8.22. The summed E-state index contributed by atoms with van der Waals surface area (Å²) >= 11 is 1.70. The highest BCUT2D eigenvalue weighted by Gasteiger charge is 2.15. The smallest absolute Gasteiger partial charge is 0.122 e. The van der Waals surface area contributed by atoms with Gasteiger partial charge in [-0.05, 0) is 20.9 Å². The van der Waals surface area contributed by atoms with Gasteiger partial charge in [0.15, 0.2) is 0 Å². The van der Waals surface area contributed by atoms with Crippen LogP contribution in [0.2, 0.25) is 0 Å². The maximum atomic E-state index is 4.40. The molecule has 17 heavy (non-hydrogen) atoms. The molecule has 92 valence electrons. The number of rotatable bonds is 5. The Morgan fingerprint density at radius 3 is 2.88 bits per heavy atom. The molecule has 0 aromatic carbocycles. The Balaban J connectivity index is 2.04. The van der Waals surface area contributed by atoms with E-state index in [-0.39, 0.29) is 0 Å². The van der Waals surface area contributed by atoms with Crippen LogP contribution in [0.25, 0.3) is 0 Å². The fourth-order valence-corrected chi connectivity index (χ4v) is 2.53. The Morgan fingerprint density at radius 1 is 1.41 bits per heavy atom. The van der Waals surface area contributed by atoms with E-state index in [1.165, 1.54) is 0 Å². The van der Waals surface area contributed by atoms with Gasteiger partial charge in [0.25, 0.3) is 0 Å². The minimum atomic E-state index is 0.331. The van der Waals surface area contributed by atoms with Crippen molar-refractivity contribution in [3.8, 4) is 0 Å². The molecule has 0 aliphatic carbocycles. The highest BCUT2D eigenvalue weighted by molar-refractivity contribution is 7.09. The molecule has 5 heteroatoms. The third-order valence-electron chi connectivity index (χ3n) is 3.00. The number of thiazole rings is 1. The molecule has 0 bridgehead atoms. The van der Waals surface area contributed by atoms with Crippen LogP contribution in [0.15, 0.2) is 24.0 Å². The van der Waals surface area contributed by atoms with Crippen LogP contribution >= 0.6 is 11.3 Å². The molecule has 0 radical (unpaired) electrons. The van der Waals surface area contributed by atoms with Crippen molar-refractivity contribution in [3.05, 3.63) is 34.8 Å². The molecule has 0 amide bonds. The van der Waals surface area contributed by atoms with Crippen molar-refractivity contribution < 1.29 is 0 Å². The van der Waals surface area contributed by atoms with Crippen LogP contribution in [-0.2, 0) is 13.1 Å². The molecular formula is C12H18N4S. The molecule has 0 aliphatic rings. The standard InChI is InChI=1S/C12H18N4S/c1-4-16-7-5-13-11(16)9-15(3)10(2)12-14-6-8-17-12/h5-8,10H,4,9H2,1-3H3/t10-/m1/s1. The van der Waals surface area contributed by atoms with Crippen LogP contribution in [0.4, 0.5) is 0 Å². The van der Waals surface area contributed by atoms with E-state index in [1.54, 1.807) is 11.3 Å². The van der Waals surface area contributed by atoms with Gasteiger partial charge in [-0.15, -0.1) is 11.3 Å². The lowest BCUT2D eigenvalue weighted by atomic mass is 10.3. The predicted molar refractivity (Wildman–Crippen MR) is 69.9 cm³/mol. The van der Waals surface area contributed by atoms with E-state index in [9.17, 15) is 0 Å². The van der Waals surface area contributed by atoms with Gasteiger partial charge in [-0.3, -0.25) is 4.90 Å². The number of aromatic nitrogens is 3. The average Bonchev–Trinajstić information content (AvgIpc) is 2.98. The largest absolute Gasteiger partial charge is 0.334 e. The van der Waals surface area contributed by atoms with Crippen molar-refractivity contribution in [3.63, 3.8) is 0 Å². The molecule has 2 aromatic heterocycles. The topological polar surface area (TPSA) is 34.0 Å². The molecule has 2 rings (SSSR count). The Hall–Kier alpha value is -1.20. The second kappa shape index (κ2) is 5.42. The molecule has 0 unspecified atom stereocenters. The molecule has 0 spiro atoms. The summed E-state index contributed by atoms with van der Waals surface area (Å²) in [6, 6.07) is 0.331. The number of aryl methyl sites for hydroxylation is 1. The first-order valence-electron chi connectivity index (χ1n) is 5.82. The fraction of sp³-hybridized carbons (Fsp3) is 0.500. The molecule has 0 saturated heterocycles. The summed E-state index contributed by atoms with van der Waals surface area (Å²) in [5.74, 6) is 1.11. The quantitative estimate of drug-likeness (QED) is 0.818. The summed E-state index contributed by atoms with van der Waals surface area (Å²) in [5, 5.41) is 3.18. The van der Waals surface area contributed by atoms with Gasteiger partial charge in [-0.25, -0.2) is 9.97 Å². The van der Waals surface area contributed by atoms with E-state index >= 15 is 0 Å². The average molecular weight is 250 g/mol. The van der Waals surface area contributed by atoms with E-state index in [1.807, 2.05) is 24.0 Å². The summed E-state index contributed by atoms with van der Waals surface area (Å²) in [6.07, 6.45) is 5.75. The predicted octanol–water partition coefficient (Wildman–Crippen LogP) is 2.55. The molecule has 4 nitrogen and oxygen atoms in total. The van der Waals surface area contributed by atoms with Gasteiger partial charge in [-0.1, -0.05) is 0 Å².